The minimum absolute atomic E-state index is 0.0410. The van der Waals surface area contributed by atoms with Crippen molar-refractivity contribution in [1.29, 1.82) is 0 Å². The van der Waals surface area contributed by atoms with Gasteiger partial charge in [0, 0.05) is 11.5 Å². The minimum Gasteiger partial charge on any atom is -0.508 e. The zero-order valence-corrected chi connectivity index (χ0v) is 20.9. The Balaban J connectivity index is 1.78. The summed E-state index contributed by atoms with van der Waals surface area (Å²) in [5, 5.41) is 56.5. The molecule has 1 saturated carbocycles. The van der Waals surface area contributed by atoms with Crippen molar-refractivity contribution in [3.8, 4) is 16.9 Å². The second-order valence-electron chi connectivity index (χ2n) is 10.4. The Morgan fingerprint density at radius 2 is 1.66 bits per heavy atom. The maximum Gasteiger partial charge on any atom is 0.255 e. The number of Topliss-reactive ketones (excluding diaryl/α,β-unsaturated/α-hetero) is 2. The van der Waals surface area contributed by atoms with Gasteiger partial charge < -0.3 is 31.3 Å². The van der Waals surface area contributed by atoms with Gasteiger partial charge in [-0.2, -0.15) is 0 Å². The van der Waals surface area contributed by atoms with E-state index in [1.54, 1.807) is 13.0 Å². The van der Waals surface area contributed by atoms with Crippen molar-refractivity contribution < 1.29 is 39.9 Å². The highest BCUT2D eigenvalue weighted by Crippen LogP contribution is 2.56. The van der Waals surface area contributed by atoms with Crippen LogP contribution in [0.15, 0.2) is 59.4 Å². The van der Waals surface area contributed by atoms with E-state index in [2.05, 4.69) is 0 Å². The fourth-order valence-electron chi connectivity index (χ4n) is 6.44. The van der Waals surface area contributed by atoms with Gasteiger partial charge in [-0.25, -0.2) is 0 Å². The molecule has 7 N–H and O–H groups in total. The highest BCUT2D eigenvalue weighted by atomic mass is 16.4. The van der Waals surface area contributed by atoms with Gasteiger partial charge in [-0.05, 0) is 48.8 Å². The van der Waals surface area contributed by atoms with Gasteiger partial charge in [-0.3, -0.25) is 19.3 Å². The van der Waals surface area contributed by atoms with Crippen LogP contribution in [0.25, 0.3) is 16.9 Å². The Labute approximate surface area is 217 Å². The van der Waals surface area contributed by atoms with Gasteiger partial charge in [-0.15, -0.1) is 0 Å². The van der Waals surface area contributed by atoms with Crippen molar-refractivity contribution in [2.24, 2.45) is 17.6 Å². The number of hydrogen-bond donors (Lipinski definition) is 6. The number of phenols is 1. The molecule has 10 heteroatoms. The number of likely N-dealkylation sites (N-methyl/N-ethyl adjacent to an activating group) is 1. The minimum atomic E-state index is -2.93. The van der Waals surface area contributed by atoms with E-state index >= 15 is 0 Å². The van der Waals surface area contributed by atoms with Crippen LogP contribution < -0.4 is 5.73 Å². The molecule has 38 heavy (non-hydrogen) atoms. The molecular weight excluding hydrogens is 492 g/mol. The van der Waals surface area contributed by atoms with E-state index in [-0.39, 0.29) is 11.3 Å². The van der Waals surface area contributed by atoms with Gasteiger partial charge in [0.2, 0.25) is 5.78 Å². The number of nitrogens with two attached hydrogens (primary N) is 1. The number of primary amides is 1. The first kappa shape index (κ1) is 25.7. The Morgan fingerprint density at radius 1 is 1.03 bits per heavy atom. The monoisotopic (exact) mass is 520 g/mol. The number of rotatable bonds is 3. The first-order valence-corrected chi connectivity index (χ1v) is 12.1. The maximum absolute atomic E-state index is 13.9. The van der Waals surface area contributed by atoms with Crippen LogP contribution in [0, 0.1) is 11.8 Å². The second-order valence-corrected chi connectivity index (χ2v) is 10.4. The standard InChI is InChI=1S/C28H28N2O8/c1-11-14-9-13(12-7-5-4-6-8-12)10-15(31)17(14)22(32)18-16(11)23(33)20-21(30(2)3)24(34)19(27(29)37)26(36)28(20,38)25(18)35/h4-11,16,20-21,23,31-33,36,38H,1-3H3,(H2,29,37)/t11-,16+,20+,21-,23-,28-/m1/s1. The number of nitrogens with zero attached hydrogens (tertiary/aromatic N) is 1. The van der Waals surface area contributed by atoms with Crippen LogP contribution in [0.4, 0.5) is 0 Å². The molecule has 0 unspecified atom stereocenters. The van der Waals surface area contributed by atoms with Gasteiger partial charge in [0.15, 0.2) is 11.4 Å². The topological polar surface area (TPSA) is 182 Å². The van der Waals surface area contributed by atoms with Gasteiger partial charge >= 0.3 is 0 Å². The van der Waals surface area contributed by atoms with Crippen LogP contribution in [0.2, 0.25) is 0 Å². The van der Waals surface area contributed by atoms with Crippen LogP contribution in [0.3, 0.4) is 0 Å². The Bertz CT molecular complexity index is 1460. The molecule has 0 aromatic heterocycles. The number of amides is 1. The molecule has 0 saturated heterocycles. The summed E-state index contributed by atoms with van der Waals surface area (Å²) in [6.45, 7) is 1.70. The summed E-state index contributed by atoms with van der Waals surface area (Å²) in [5.74, 6) is -9.08. The maximum atomic E-state index is 13.9. The third kappa shape index (κ3) is 3.20. The van der Waals surface area contributed by atoms with E-state index in [1.165, 1.54) is 25.1 Å². The molecule has 6 atom stereocenters. The molecule has 2 aromatic carbocycles. The van der Waals surface area contributed by atoms with Crippen molar-refractivity contribution in [3.05, 3.63) is 70.5 Å². The number of carbonyl (C=O) groups excluding carboxylic acids is 3. The van der Waals surface area contributed by atoms with Gasteiger partial charge in [0.25, 0.3) is 5.91 Å². The number of aliphatic hydroxyl groups excluding tert-OH is 3. The number of carbonyl (C=O) groups is 3. The second kappa shape index (κ2) is 8.52. The number of ketones is 2. The van der Waals surface area contributed by atoms with Crippen LogP contribution in [0.1, 0.15) is 24.0 Å². The fraction of sp³-hybridized carbons (Fsp3) is 0.321. The van der Waals surface area contributed by atoms with Crippen molar-refractivity contribution >= 4 is 23.2 Å². The summed E-state index contributed by atoms with van der Waals surface area (Å²) in [6.07, 6.45) is -1.63. The fourth-order valence-corrected chi connectivity index (χ4v) is 6.44. The van der Waals surface area contributed by atoms with E-state index in [0.29, 0.717) is 11.1 Å². The van der Waals surface area contributed by atoms with Crippen molar-refractivity contribution in [2.75, 3.05) is 14.1 Å². The van der Waals surface area contributed by atoms with Crippen molar-refractivity contribution in [2.45, 2.75) is 30.6 Å². The first-order chi connectivity index (χ1) is 17.8. The Hall–Kier alpha value is -3.99. The first-order valence-electron chi connectivity index (χ1n) is 12.1. The van der Waals surface area contributed by atoms with E-state index < -0.39 is 75.6 Å². The van der Waals surface area contributed by atoms with Crippen LogP contribution in [-0.2, 0) is 14.4 Å². The molecule has 0 aliphatic heterocycles. The van der Waals surface area contributed by atoms with E-state index in [0.717, 1.165) is 5.56 Å². The molecule has 198 valence electrons. The summed E-state index contributed by atoms with van der Waals surface area (Å²) in [6, 6.07) is 11.0. The summed E-state index contributed by atoms with van der Waals surface area (Å²) in [5.41, 5.74) is 2.88. The van der Waals surface area contributed by atoms with Gasteiger partial charge in [0.1, 0.15) is 22.8 Å². The average molecular weight is 521 g/mol. The summed E-state index contributed by atoms with van der Waals surface area (Å²) in [4.78, 5) is 40.6. The molecule has 2 aromatic rings. The third-order valence-electron chi connectivity index (χ3n) is 8.17. The molecule has 3 aliphatic rings. The Morgan fingerprint density at radius 3 is 2.24 bits per heavy atom. The summed E-state index contributed by atoms with van der Waals surface area (Å²) in [7, 11) is 2.93. The van der Waals surface area contributed by atoms with Crippen LogP contribution >= 0.6 is 0 Å². The molecule has 1 fully saturated rings. The molecule has 1 amide bonds. The number of hydrogen-bond acceptors (Lipinski definition) is 9. The number of aliphatic hydroxyl groups is 4. The molecule has 0 radical (unpaired) electrons. The lowest BCUT2D eigenvalue weighted by Crippen LogP contribution is -2.70. The molecule has 10 nitrogen and oxygen atoms in total. The van der Waals surface area contributed by atoms with Crippen LogP contribution in [-0.4, -0.2) is 79.7 Å². The van der Waals surface area contributed by atoms with Gasteiger partial charge in [-0.1, -0.05) is 37.3 Å². The number of fused-ring (bicyclic) bond motifs is 3. The lowest BCUT2D eigenvalue weighted by molar-refractivity contribution is -0.169. The van der Waals surface area contributed by atoms with Crippen molar-refractivity contribution in [1.82, 2.24) is 4.90 Å². The molecule has 0 spiro atoms. The zero-order chi connectivity index (χ0) is 27.8. The van der Waals surface area contributed by atoms with E-state index in [9.17, 15) is 39.9 Å². The molecule has 0 bridgehead atoms. The predicted molar refractivity (Wildman–Crippen MR) is 136 cm³/mol. The SMILES string of the molecule is C[C@@H]1c2cc(-c3ccccc3)cc(O)c2C(O)=C2C(=O)[C@@]3(O)C(O)=C(C(N)=O)C(=O)[C@H](N(C)C)[C@H]3[C@H](O)[C@H]21. The van der Waals surface area contributed by atoms with Crippen molar-refractivity contribution in [3.63, 3.8) is 0 Å². The zero-order valence-electron chi connectivity index (χ0n) is 20.9. The molecule has 3 aliphatic carbocycles. The van der Waals surface area contributed by atoms with Crippen LogP contribution in [0.5, 0.6) is 5.75 Å². The molecular formula is C28H28N2O8. The largest absolute Gasteiger partial charge is 0.508 e. The number of benzene rings is 2. The van der Waals surface area contributed by atoms with E-state index in [4.69, 9.17) is 5.73 Å². The quantitative estimate of drug-likeness (QED) is 0.324. The lowest BCUT2D eigenvalue weighted by atomic mass is 9.54. The number of phenolic OH excluding ortho intramolecular Hbond substituents is 1. The normalized spacial score (nSPS) is 30.7. The smallest absolute Gasteiger partial charge is 0.255 e. The third-order valence-corrected chi connectivity index (χ3v) is 8.17. The Kier molecular flexibility index (Phi) is 5.75. The molecule has 5 rings (SSSR count). The molecule has 0 heterocycles. The lowest BCUT2D eigenvalue weighted by Gasteiger charge is -2.53. The average Bonchev–Trinajstić information content (AvgIpc) is 2.86. The van der Waals surface area contributed by atoms with E-state index in [1.807, 2.05) is 30.3 Å². The summed E-state index contributed by atoms with van der Waals surface area (Å²) >= 11 is 0. The highest BCUT2D eigenvalue weighted by Gasteiger charge is 2.68. The summed E-state index contributed by atoms with van der Waals surface area (Å²) < 4.78 is 0. The predicted octanol–water partition coefficient (Wildman–Crippen LogP) is 1.16. The van der Waals surface area contributed by atoms with Gasteiger partial charge in [0.05, 0.1) is 23.6 Å². The number of aromatic hydroxyl groups is 1. The highest BCUT2D eigenvalue weighted by molar-refractivity contribution is 6.24.